The molecule has 0 aliphatic carbocycles. The first kappa shape index (κ1) is 35.1. The van der Waals surface area contributed by atoms with Gasteiger partial charge in [-0.05, 0) is 93.2 Å². The van der Waals surface area contributed by atoms with E-state index >= 15 is 0 Å². The van der Waals surface area contributed by atoms with Crippen molar-refractivity contribution in [2.45, 2.75) is 0 Å². The van der Waals surface area contributed by atoms with Crippen molar-refractivity contribution in [2.24, 2.45) is 0 Å². The molecule has 4 aromatic heterocycles. The van der Waals surface area contributed by atoms with Crippen LogP contribution in [0.15, 0.2) is 183 Å². The van der Waals surface area contributed by atoms with Gasteiger partial charge in [0.05, 0.1) is 16.5 Å². The first-order valence-electron chi connectivity index (χ1n) is 18.7. The molecule has 0 N–H and O–H groups in total. The van der Waals surface area contributed by atoms with E-state index in [9.17, 15) is 0 Å². The van der Waals surface area contributed by atoms with E-state index in [0.717, 1.165) is 83.4 Å². The Kier molecular flexibility index (Phi) is 8.87. The van der Waals surface area contributed by atoms with E-state index in [-0.39, 0.29) is 21.1 Å². The van der Waals surface area contributed by atoms with Crippen LogP contribution < -0.4 is 13.9 Å². The smallest absolute Gasteiger partial charge is 0.509 e. The molecule has 0 unspecified atom stereocenters. The predicted octanol–water partition coefficient (Wildman–Crippen LogP) is 11.7. The molecule has 274 valence electrons. The number of para-hydroxylation sites is 2. The van der Waals surface area contributed by atoms with Crippen molar-refractivity contribution in [2.75, 3.05) is 0 Å². The molecule has 1 aliphatic rings. The van der Waals surface area contributed by atoms with Gasteiger partial charge in [0.2, 0.25) is 5.69 Å². The van der Waals surface area contributed by atoms with E-state index in [1.54, 1.807) is 0 Å². The number of hydrogen-bond donors (Lipinski definition) is 0. The number of pyridine rings is 3. The average molecular weight is 926 g/mol. The molecule has 0 spiro atoms. The van der Waals surface area contributed by atoms with Crippen LogP contribution >= 0.6 is 0 Å². The molecule has 0 radical (unpaired) electrons. The summed E-state index contributed by atoms with van der Waals surface area (Å²) in [6.07, 6.45) is 9.14. The van der Waals surface area contributed by atoms with Gasteiger partial charge in [0.25, 0.3) is 5.69 Å². The zero-order valence-corrected chi connectivity index (χ0v) is 33.0. The number of benzene rings is 6. The zero-order chi connectivity index (χ0) is 37.7. The molecule has 1 aliphatic heterocycles. The Morgan fingerprint density at radius 3 is 1.97 bits per heavy atom. The molecule has 0 saturated carbocycles. The molecule has 58 heavy (non-hydrogen) atoms. The molecule has 0 amide bonds. The van der Waals surface area contributed by atoms with Crippen molar-refractivity contribution in [1.29, 1.82) is 0 Å². The van der Waals surface area contributed by atoms with E-state index in [4.69, 9.17) is 4.74 Å². The van der Waals surface area contributed by atoms with Crippen LogP contribution in [0.1, 0.15) is 0 Å². The Hall–Kier alpha value is -7.30. The molecule has 0 fully saturated rings. The summed E-state index contributed by atoms with van der Waals surface area (Å²) < 4.78 is 13.0. The summed E-state index contributed by atoms with van der Waals surface area (Å²) in [4.78, 5) is 13.3. The number of hydrogen-bond acceptors (Lipinski definition) is 4. The molecule has 0 saturated heterocycles. The summed E-state index contributed by atoms with van der Waals surface area (Å²) in [7, 11) is 0. The summed E-state index contributed by atoms with van der Waals surface area (Å²) in [6, 6.07) is 62.6. The standard InChI is InChI=1S/C50H30N6O.Pt/c1-2-12-42-34(9-1)18-21-46-50(42)55(49-40(35-22-27-51-28-23-35)14-8-15-41(49)36-24-29-52-30-25-36)33-54(46)37-10-7-11-38(31-37)57-39-19-20-44-43-13-3-4-16-45(43)56(47(44)32-39)48-17-5-6-26-53-48;/h1-30H;/q;+2. The fraction of sp³-hybridized carbons (Fsp3) is 0. The minimum atomic E-state index is 0. The Bertz CT molecular complexity index is 3190. The molecule has 6 aromatic carbocycles. The number of rotatable bonds is 7. The van der Waals surface area contributed by atoms with Gasteiger partial charge in [-0.1, -0.05) is 70.8 Å². The predicted molar refractivity (Wildman–Crippen MR) is 228 cm³/mol. The zero-order valence-electron chi connectivity index (χ0n) is 30.7. The van der Waals surface area contributed by atoms with Crippen LogP contribution in [0.4, 0.5) is 22.7 Å². The first-order valence-corrected chi connectivity index (χ1v) is 18.7. The maximum Gasteiger partial charge on any atom is 2.00 e. The van der Waals surface area contributed by atoms with Gasteiger partial charge in [0.1, 0.15) is 11.5 Å². The average Bonchev–Trinajstić information content (AvgIpc) is 3.83. The van der Waals surface area contributed by atoms with E-state index in [2.05, 4.69) is 126 Å². The van der Waals surface area contributed by atoms with Crippen LogP contribution in [0.3, 0.4) is 0 Å². The maximum atomic E-state index is 6.57. The monoisotopic (exact) mass is 925 g/mol. The molecule has 5 heterocycles. The molecule has 10 aromatic rings. The van der Waals surface area contributed by atoms with Gasteiger partial charge in [-0.3, -0.25) is 9.97 Å². The largest absolute Gasteiger partial charge is 2.00 e. The van der Waals surface area contributed by atoms with Gasteiger partial charge in [-0.15, -0.1) is 23.6 Å². The molecular formula is C50H30N6OPt+2. The molecule has 0 atom stereocenters. The Labute approximate surface area is 348 Å². The second kappa shape index (κ2) is 14.6. The minimum absolute atomic E-state index is 0. The van der Waals surface area contributed by atoms with Gasteiger partial charge in [0, 0.05) is 54.1 Å². The van der Waals surface area contributed by atoms with Gasteiger partial charge in [0.15, 0.2) is 0 Å². The number of nitrogens with zero attached hydrogens (tertiary/aromatic N) is 6. The van der Waals surface area contributed by atoms with Gasteiger partial charge in [-0.25, -0.2) is 4.98 Å². The van der Waals surface area contributed by atoms with E-state index in [1.807, 2.05) is 104 Å². The molecule has 0 bridgehead atoms. The fourth-order valence-corrected chi connectivity index (χ4v) is 7.92. The third-order valence-electron chi connectivity index (χ3n) is 10.4. The van der Waals surface area contributed by atoms with Crippen molar-refractivity contribution >= 4 is 61.3 Å². The Balaban J connectivity index is 0.00000408. The van der Waals surface area contributed by atoms with Crippen LogP contribution in [-0.4, -0.2) is 25.5 Å². The normalized spacial score (nSPS) is 11.9. The molecule has 7 nitrogen and oxygen atoms in total. The van der Waals surface area contributed by atoms with Crippen LogP contribution in [0.25, 0.3) is 60.6 Å². The summed E-state index contributed by atoms with van der Waals surface area (Å²) in [5.41, 5.74) is 9.91. The van der Waals surface area contributed by atoms with Gasteiger partial charge < -0.3 is 9.30 Å². The van der Waals surface area contributed by atoms with E-state index in [1.165, 1.54) is 0 Å². The fourth-order valence-electron chi connectivity index (χ4n) is 7.92. The minimum Gasteiger partial charge on any atom is -0.509 e. The van der Waals surface area contributed by atoms with Crippen LogP contribution in [0.2, 0.25) is 0 Å². The van der Waals surface area contributed by atoms with E-state index < -0.39 is 0 Å². The van der Waals surface area contributed by atoms with Crippen molar-refractivity contribution in [1.82, 2.24) is 28.7 Å². The van der Waals surface area contributed by atoms with Gasteiger partial charge in [-0.2, -0.15) is 12.1 Å². The van der Waals surface area contributed by atoms with Gasteiger partial charge >= 0.3 is 32.8 Å². The first-order chi connectivity index (χ1) is 28.3. The van der Waals surface area contributed by atoms with Crippen molar-refractivity contribution in [3.63, 3.8) is 0 Å². The Morgan fingerprint density at radius 1 is 0.517 bits per heavy atom. The van der Waals surface area contributed by atoms with Crippen LogP contribution in [0.5, 0.6) is 11.5 Å². The van der Waals surface area contributed by atoms with Crippen molar-refractivity contribution in [3.8, 4) is 39.6 Å². The van der Waals surface area contributed by atoms with Crippen LogP contribution in [-0.2, 0) is 21.1 Å². The molecule has 8 heteroatoms. The number of ether oxygens (including phenoxy) is 1. The van der Waals surface area contributed by atoms with Crippen LogP contribution in [0, 0.1) is 12.1 Å². The second-order valence-corrected chi connectivity index (χ2v) is 13.7. The maximum absolute atomic E-state index is 6.57. The third-order valence-corrected chi connectivity index (χ3v) is 10.4. The number of fused-ring (bicyclic) bond motifs is 6. The third kappa shape index (κ3) is 5.93. The van der Waals surface area contributed by atoms with E-state index in [0.29, 0.717) is 11.5 Å². The summed E-state index contributed by atoms with van der Waals surface area (Å²) in [5, 5.41) is 4.44. The SMILES string of the molecule is C1=[N+](c2[c-]c(Oc3[c-]c4c(cc3)c3ccccc3n4-c3ccccn3)ccc2)c2ccc3ccccc3c2[N+]=1c1c(-c2ccncc2)cccc1-c1ccncc1.[Pt+2]. The Morgan fingerprint density at radius 2 is 1.21 bits per heavy atom. The molecule has 11 rings (SSSR count). The number of aromatic nitrogens is 4. The van der Waals surface area contributed by atoms with Crippen molar-refractivity contribution < 1.29 is 25.8 Å². The van der Waals surface area contributed by atoms with Crippen molar-refractivity contribution in [3.05, 3.63) is 195 Å². The summed E-state index contributed by atoms with van der Waals surface area (Å²) in [5.74, 6) is 1.95. The topological polar surface area (TPSA) is 58.9 Å². The molecular weight excluding hydrogens is 896 g/mol. The summed E-state index contributed by atoms with van der Waals surface area (Å²) >= 11 is 0. The summed E-state index contributed by atoms with van der Waals surface area (Å²) in [6.45, 7) is 0. The second-order valence-electron chi connectivity index (χ2n) is 13.7. The quantitative estimate of drug-likeness (QED) is 0.118.